The fraction of sp³-hybridized carbons (Fsp3) is 0.304. The second-order valence-corrected chi connectivity index (χ2v) is 8.36. The van der Waals surface area contributed by atoms with Crippen LogP contribution in [0, 0.1) is 0 Å². The van der Waals surface area contributed by atoms with Gasteiger partial charge in [0, 0.05) is 24.2 Å². The van der Waals surface area contributed by atoms with Crippen LogP contribution in [0.2, 0.25) is 0 Å². The number of hydrogen-bond donors (Lipinski definition) is 2. The highest BCUT2D eigenvalue weighted by molar-refractivity contribution is 6.11. The lowest BCUT2D eigenvalue weighted by Crippen LogP contribution is -2.39. The minimum Gasteiger partial charge on any atom is -0.408 e. The summed E-state index contributed by atoms with van der Waals surface area (Å²) in [6.07, 6.45) is -1.68. The second-order valence-electron chi connectivity index (χ2n) is 8.36. The van der Waals surface area contributed by atoms with Crippen LogP contribution in [0.25, 0.3) is 22.0 Å². The van der Waals surface area contributed by atoms with E-state index in [1.165, 1.54) is 28.8 Å². The third kappa shape index (κ3) is 4.38. The first-order valence-corrected chi connectivity index (χ1v) is 11.0. The number of carbonyl (C=O) groups is 2. The summed E-state index contributed by atoms with van der Waals surface area (Å²) in [7, 11) is 0. The maximum atomic E-state index is 13.1. The van der Waals surface area contributed by atoms with Gasteiger partial charge in [-0.2, -0.15) is 18.3 Å². The number of nitrogens with one attached hydrogen (secondary N) is 2. The van der Waals surface area contributed by atoms with Crippen LogP contribution in [0.15, 0.2) is 45.6 Å². The van der Waals surface area contributed by atoms with E-state index in [9.17, 15) is 27.6 Å². The average molecular weight is 487 g/mol. The average Bonchev–Trinajstić information content (AvgIpc) is 3.39. The molecule has 0 radical (unpaired) electrons. The third-order valence-electron chi connectivity index (χ3n) is 6.03. The lowest BCUT2D eigenvalue weighted by atomic mass is 10.1. The number of aromatic amines is 1. The molecule has 1 fully saturated rings. The lowest BCUT2D eigenvalue weighted by Gasteiger charge is -2.26. The van der Waals surface area contributed by atoms with Crippen LogP contribution in [-0.2, 0) is 17.5 Å². The van der Waals surface area contributed by atoms with E-state index in [1.807, 2.05) is 0 Å². The molecule has 2 aromatic carbocycles. The Morgan fingerprint density at radius 2 is 1.86 bits per heavy atom. The minimum absolute atomic E-state index is 0.0192. The predicted molar refractivity (Wildman–Crippen MR) is 120 cm³/mol. The number of piperidine rings is 1. The first-order chi connectivity index (χ1) is 16.7. The van der Waals surface area contributed by atoms with Crippen molar-refractivity contribution in [3.8, 4) is 0 Å². The summed E-state index contributed by atoms with van der Waals surface area (Å²) in [5.74, 6) is -1.64. The molecule has 2 amide bonds. The number of carbonyl (C=O) groups excluding carboxylic acids is 2. The zero-order valence-electron chi connectivity index (χ0n) is 18.3. The molecule has 1 aliphatic heterocycles. The van der Waals surface area contributed by atoms with Crippen LogP contribution >= 0.6 is 0 Å². The SMILES string of the molecule is O=C(Nc1ccc2oc(=O)n(CC(=O)N3CCCCC3)c2c1)c1n[nH]c2ccc(C(F)(F)F)cc12. The van der Waals surface area contributed by atoms with Crippen molar-refractivity contribution in [2.24, 2.45) is 0 Å². The van der Waals surface area contributed by atoms with Crippen LogP contribution in [0.3, 0.4) is 0 Å². The van der Waals surface area contributed by atoms with Gasteiger partial charge in [0.25, 0.3) is 5.91 Å². The Labute approximate surface area is 195 Å². The molecule has 0 bridgehead atoms. The maximum Gasteiger partial charge on any atom is 0.420 e. The van der Waals surface area contributed by atoms with Gasteiger partial charge in [-0.1, -0.05) is 0 Å². The molecule has 1 aliphatic rings. The molecular weight excluding hydrogens is 467 g/mol. The summed E-state index contributed by atoms with van der Waals surface area (Å²) in [6, 6.07) is 7.39. The summed E-state index contributed by atoms with van der Waals surface area (Å²) < 4.78 is 45.7. The van der Waals surface area contributed by atoms with Crippen molar-refractivity contribution in [2.75, 3.05) is 18.4 Å². The fourth-order valence-electron chi connectivity index (χ4n) is 4.22. The Hall–Kier alpha value is -4.09. The number of halogens is 3. The molecule has 0 saturated carbocycles. The number of H-pyrrole nitrogens is 1. The number of oxazole rings is 1. The van der Waals surface area contributed by atoms with Gasteiger partial charge in [-0.25, -0.2) is 4.79 Å². The number of anilines is 1. The van der Waals surface area contributed by atoms with E-state index < -0.39 is 23.4 Å². The van der Waals surface area contributed by atoms with Gasteiger partial charge in [-0.15, -0.1) is 0 Å². The zero-order valence-corrected chi connectivity index (χ0v) is 18.3. The smallest absolute Gasteiger partial charge is 0.408 e. The van der Waals surface area contributed by atoms with Crippen LogP contribution in [0.5, 0.6) is 0 Å². The van der Waals surface area contributed by atoms with E-state index in [0.717, 1.165) is 31.4 Å². The number of aromatic nitrogens is 3. The molecule has 0 spiro atoms. The molecule has 12 heteroatoms. The molecule has 0 unspecified atom stereocenters. The van der Waals surface area contributed by atoms with Gasteiger partial charge < -0.3 is 14.6 Å². The summed E-state index contributed by atoms with van der Waals surface area (Å²) in [6.45, 7) is 1.07. The summed E-state index contributed by atoms with van der Waals surface area (Å²) in [4.78, 5) is 39.6. The quantitative estimate of drug-likeness (QED) is 0.455. The van der Waals surface area contributed by atoms with Crippen molar-refractivity contribution in [3.63, 3.8) is 0 Å². The molecule has 35 heavy (non-hydrogen) atoms. The van der Waals surface area contributed by atoms with Crippen LogP contribution in [0.4, 0.5) is 18.9 Å². The van der Waals surface area contributed by atoms with Crippen LogP contribution in [0.1, 0.15) is 35.3 Å². The third-order valence-corrected chi connectivity index (χ3v) is 6.03. The standard InChI is InChI=1S/C23H20F3N5O4/c24-23(25,26)13-4-6-16-15(10-13)20(29-28-16)21(33)27-14-5-7-18-17(11-14)31(22(34)35-18)12-19(32)30-8-2-1-3-9-30/h4-7,10-11H,1-3,8-9,12H2,(H,27,33)(H,28,29). The number of fused-ring (bicyclic) bond motifs is 2. The second kappa shape index (κ2) is 8.60. The highest BCUT2D eigenvalue weighted by Crippen LogP contribution is 2.32. The van der Waals surface area contributed by atoms with Crippen molar-refractivity contribution < 1.29 is 27.2 Å². The normalized spacial score (nSPS) is 14.5. The Morgan fingerprint density at radius 1 is 1.09 bits per heavy atom. The van der Waals surface area contributed by atoms with Crippen molar-refractivity contribution in [3.05, 3.63) is 58.2 Å². The number of hydrogen-bond acceptors (Lipinski definition) is 5. The maximum absolute atomic E-state index is 13.1. The molecule has 0 atom stereocenters. The zero-order chi connectivity index (χ0) is 24.7. The van der Waals surface area contributed by atoms with Crippen molar-refractivity contribution >= 4 is 39.5 Å². The first-order valence-electron chi connectivity index (χ1n) is 11.0. The van der Waals surface area contributed by atoms with E-state index >= 15 is 0 Å². The van der Waals surface area contributed by atoms with E-state index in [4.69, 9.17) is 4.42 Å². The van der Waals surface area contributed by atoms with Crippen LogP contribution in [-0.4, -0.2) is 44.6 Å². The predicted octanol–water partition coefficient (Wildman–Crippen LogP) is 3.75. The highest BCUT2D eigenvalue weighted by atomic mass is 19.4. The monoisotopic (exact) mass is 487 g/mol. The molecule has 3 heterocycles. The number of nitrogens with zero attached hydrogens (tertiary/aromatic N) is 3. The minimum atomic E-state index is -4.57. The van der Waals surface area contributed by atoms with Gasteiger partial charge in [-0.3, -0.25) is 19.3 Å². The van der Waals surface area contributed by atoms with E-state index in [0.29, 0.717) is 18.6 Å². The van der Waals surface area contributed by atoms with Crippen LogP contribution < -0.4 is 11.1 Å². The number of alkyl halides is 3. The van der Waals surface area contributed by atoms with E-state index in [1.54, 1.807) is 4.90 Å². The molecular formula is C23H20F3N5O4. The summed E-state index contributed by atoms with van der Waals surface area (Å²) >= 11 is 0. The molecule has 5 rings (SSSR count). The number of likely N-dealkylation sites (tertiary alicyclic amines) is 1. The van der Waals surface area contributed by atoms with Gasteiger partial charge >= 0.3 is 11.9 Å². The molecule has 2 N–H and O–H groups in total. The van der Waals surface area contributed by atoms with Crippen molar-refractivity contribution in [2.45, 2.75) is 32.0 Å². The molecule has 2 aromatic heterocycles. The van der Waals surface area contributed by atoms with E-state index in [-0.39, 0.29) is 40.3 Å². The first kappa shape index (κ1) is 22.7. The van der Waals surface area contributed by atoms with Gasteiger partial charge in [-0.05, 0) is 55.7 Å². The summed E-state index contributed by atoms with van der Waals surface area (Å²) in [5.41, 5.74) is -0.0355. The van der Waals surface area contributed by atoms with Gasteiger partial charge in [0.2, 0.25) is 5.91 Å². The number of amides is 2. The molecule has 9 nitrogen and oxygen atoms in total. The Balaban J connectivity index is 1.42. The topological polar surface area (TPSA) is 113 Å². The fourth-order valence-corrected chi connectivity index (χ4v) is 4.22. The lowest BCUT2D eigenvalue weighted by molar-refractivity contribution is -0.137. The Kier molecular flexibility index (Phi) is 5.58. The largest absolute Gasteiger partial charge is 0.420 e. The van der Waals surface area contributed by atoms with Crippen molar-refractivity contribution in [1.29, 1.82) is 0 Å². The molecule has 182 valence electrons. The highest BCUT2D eigenvalue weighted by Gasteiger charge is 2.31. The summed E-state index contributed by atoms with van der Waals surface area (Å²) in [5, 5.41) is 9.01. The molecule has 4 aromatic rings. The van der Waals surface area contributed by atoms with Gasteiger partial charge in [0.05, 0.1) is 16.6 Å². The van der Waals surface area contributed by atoms with Crippen molar-refractivity contribution in [1.82, 2.24) is 19.7 Å². The Morgan fingerprint density at radius 3 is 2.60 bits per heavy atom. The number of rotatable bonds is 4. The van der Waals surface area contributed by atoms with E-state index in [2.05, 4.69) is 15.5 Å². The Bertz CT molecular complexity index is 1490. The van der Waals surface area contributed by atoms with Gasteiger partial charge in [0.1, 0.15) is 6.54 Å². The molecule has 1 saturated heterocycles. The number of benzene rings is 2. The van der Waals surface area contributed by atoms with Gasteiger partial charge in [0.15, 0.2) is 11.3 Å². The molecule has 0 aliphatic carbocycles.